The van der Waals surface area contributed by atoms with Gasteiger partial charge in [0.05, 0.1) is 12.1 Å². The Morgan fingerprint density at radius 1 is 1.30 bits per heavy atom. The molecule has 106 valence electrons. The van der Waals surface area contributed by atoms with Crippen LogP contribution in [0.4, 0.5) is 14.5 Å². The molecule has 3 nitrogen and oxygen atoms in total. The van der Waals surface area contributed by atoms with Crippen LogP contribution in [0.15, 0.2) is 28.7 Å². The lowest BCUT2D eigenvalue weighted by molar-refractivity contribution is -0.136. The summed E-state index contributed by atoms with van der Waals surface area (Å²) in [5, 5.41) is 11.5. The number of hydrogen-bond donors (Lipinski definition) is 2. The highest BCUT2D eigenvalue weighted by Gasteiger charge is 2.10. The number of rotatable bonds is 5. The number of aliphatic carboxylic acids is 1. The Balaban J connectivity index is 2.05. The molecule has 7 heteroatoms. The Bertz CT molecular complexity index is 622. The molecule has 0 bridgehead atoms. The van der Waals surface area contributed by atoms with Gasteiger partial charge >= 0.3 is 5.97 Å². The molecule has 0 amide bonds. The fraction of sp³-hybridized carbons (Fsp3) is 0.154. The van der Waals surface area contributed by atoms with Gasteiger partial charge in [-0.15, -0.1) is 11.3 Å². The summed E-state index contributed by atoms with van der Waals surface area (Å²) in [7, 11) is 0. The lowest BCUT2D eigenvalue weighted by Crippen LogP contribution is -2.01. The Kier molecular flexibility index (Phi) is 4.72. The smallest absolute Gasteiger partial charge is 0.308 e. The summed E-state index contributed by atoms with van der Waals surface area (Å²) in [6.07, 6.45) is -0.0285. The molecule has 2 N–H and O–H groups in total. The van der Waals surface area contributed by atoms with Gasteiger partial charge in [0.25, 0.3) is 0 Å². The second-order valence-corrected chi connectivity index (χ2v) is 6.14. The van der Waals surface area contributed by atoms with Gasteiger partial charge in [-0.3, -0.25) is 4.79 Å². The van der Waals surface area contributed by atoms with Gasteiger partial charge in [0.1, 0.15) is 11.6 Å². The fourth-order valence-electron chi connectivity index (χ4n) is 1.65. The summed E-state index contributed by atoms with van der Waals surface area (Å²) in [6, 6.07) is 5.49. The van der Waals surface area contributed by atoms with E-state index >= 15 is 0 Å². The van der Waals surface area contributed by atoms with Crippen LogP contribution in [0, 0.1) is 11.6 Å². The predicted octanol–water partition coefficient (Wildman–Crippen LogP) is 4.03. The molecule has 0 radical (unpaired) electrons. The Morgan fingerprint density at radius 3 is 2.65 bits per heavy atom. The molecule has 20 heavy (non-hydrogen) atoms. The molecule has 0 aliphatic rings. The van der Waals surface area contributed by atoms with Crippen molar-refractivity contribution in [1.29, 1.82) is 0 Å². The predicted molar refractivity (Wildman–Crippen MR) is 77.0 cm³/mol. The van der Waals surface area contributed by atoms with Crippen molar-refractivity contribution >= 4 is 38.9 Å². The highest BCUT2D eigenvalue weighted by atomic mass is 79.9. The number of nitrogens with one attached hydrogen (secondary N) is 1. The Labute approximate surface area is 126 Å². The minimum atomic E-state index is -0.890. The number of carboxylic acid groups (broad SMARTS) is 1. The molecule has 0 fully saturated rings. The molecule has 0 saturated carbocycles. The van der Waals surface area contributed by atoms with Crippen LogP contribution in [0.25, 0.3) is 0 Å². The molecule has 0 atom stereocenters. The first-order valence-electron chi connectivity index (χ1n) is 5.63. The fourth-order valence-corrected chi connectivity index (χ4v) is 3.15. The summed E-state index contributed by atoms with van der Waals surface area (Å²) in [6.45, 7) is 0.339. The molecule has 2 aromatic rings. The van der Waals surface area contributed by atoms with E-state index in [-0.39, 0.29) is 12.1 Å². The van der Waals surface area contributed by atoms with Gasteiger partial charge in [-0.2, -0.15) is 0 Å². The first-order chi connectivity index (χ1) is 9.45. The highest BCUT2D eigenvalue weighted by Crippen LogP contribution is 2.28. The van der Waals surface area contributed by atoms with Crippen molar-refractivity contribution in [3.8, 4) is 0 Å². The average molecular weight is 362 g/mol. The van der Waals surface area contributed by atoms with Crippen molar-refractivity contribution in [2.45, 2.75) is 13.0 Å². The van der Waals surface area contributed by atoms with E-state index in [9.17, 15) is 13.6 Å². The molecule has 1 heterocycles. The van der Waals surface area contributed by atoms with Crippen LogP contribution in [0.2, 0.25) is 0 Å². The van der Waals surface area contributed by atoms with Gasteiger partial charge < -0.3 is 10.4 Å². The zero-order valence-electron chi connectivity index (χ0n) is 10.1. The lowest BCUT2D eigenvalue weighted by Gasteiger charge is -2.08. The molecule has 0 spiro atoms. The van der Waals surface area contributed by atoms with Gasteiger partial charge in [0.15, 0.2) is 0 Å². The highest BCUT2D eigenvalue weighted by molar-refractivity contribution is 9.10. The van der Waals surface area contributed by atoms with Crippen molar-refractivity contribution in [1.82, 2.24) is 0 Å². The third-order valence-electron chi connectivity index (χ3n) is 2.49. The number of thiophene rings is 1. The van der Waals surface area contributed by atoms with Crippen molar-refractivity contribution in [3.05, 3.63) is 50.1 Å². The molecular weight excluding hydrogens is 352 g/mol. The van der Waals surface area contributed by atoms with Crippen molar-refractivity contribution in [2.75, 3.05) is 5.32 Å². The zero-order chi connectivity index (χ0) is 14.7. The summed E-state index contributed by atoms with van der Waals surface area (Å²) >= 11 is 4.43. The summed E-state index contributed by atoms with van der Waals surface area (Å²) in [5.74, 6) is -2.22. The number of carbonyl (C=O) groups is 1. The quantitative estimate of drug-likeness (QED) is 0.845. The minimum Gasteiger partial charge on any atom is -0.481 e. The van der Waals surface area contributed by atoms with Crippen LogP contribution in [-0.2, 0) is 17.8 Å². The molecule has 0 saturated heterocycles. The van der Waals surface area contributed by atoms with E-state index in [1.807, 2.05) is 0 Å². The van der Waals surface area contributed by atoms with Crippen LogP contribution in [-0.4, -0.2) is 11.1 Å². The summed E-state index contributed by atoms with van der Waals surface area (Å²) in [4.78, 5) is 12.2. The van der Waals surface area contributed by atoms with Gasteiger partial charge in [-0.05, 0) is 34.1 Å². The molecule has 0 unspecified atom stereocenters. The van der Waals surface area contributed by atoms with Gasteiger partial charge in [-0.1, -0.05) is 0 Å². The van der Waals surface area contributed by atoms with Gasteiger partial charge in [-0.25, -0.2) is 8.78 Å². The number of carboxylic acids is 1. The maximum absolute atomic E-state index is 13.6. The van der Waals surface area contributed by atoms with Crippen molar-refractivity contribution < 1.29 is 18.7 Å². The topological polar surface area (TPSA) is 49.3 Å². The maximum Gasteiger partial charge on any atom is 0.308 e. The second-order valence-electron chi connectivity index (χ2n) is 4.04. The third kappa shape index (κ3) is 3.77. The third-order valence-corrected chi connectivity index (χ3v) is 4.20. The number of hydrogen-bond acceptors (Lipinski definition) is 3. The molecule has 2 rings (SSSR count). The molecule has 0 aliphatic carbocycles. The Hall–Kier alpha value is -1.47. The molecule has 1 aromatic carbocycles. The van der Waals surface area contributed by atoms with Crippen LogP contribution >= 0.6 is 27.3 Å². The summed E-state index contributed by atoms with van der Waals surface area (Å²) < 4.78 is 26.8. The largest absolute Gasteiger partial charge is 0.481 e. The Morgan fingerprint density at radius 2 is 2.00 bits per heavy atom. The first kappa shape index (κ1) is 14.9. The number of anilines is 1. The monoisotopic (exact) mass is 361 g/mol. The number of benzene rings is 1. The average Bonchev–Trinajstić information content (AvgIpc) is 2.74. The van der Waals surface area contributed by atoms with E-state index in [2.05, 4.69) is 21.2 Å². The minimum absolute atomic E-state index is 0.0285. The van der Waals surface area contributed by atoms with Crippen LogP contribution in [0.3, 0.4) is 0 Å². The summed E-state index contributed by atoms with van der Waals surface area (Å²) in [5.41, 5.74) is 0.180. The maximum atomic E-state index is 13.6. The van der Waals surface area contributed by atoms with Crippen LogP contribution in [0.5, 0.6) is 0 Å². The van der Waals surface area contributed by atoms with E-state index < -0.39 is 17.6 Å². The SMILES string of the molecule is O=C(O)Cc1ccc(CNc2c(F)cc(F)cc2Br)s1. The van der Waals surface area contributed by atoms with E-state index in [4.69, 9.17) is 5.11 Å². The van der Waals surface area contributed by atoms with Crippen molar-refractivity contribution in [2.24, 2.45) is 0 Å². The lowest BCUT2D eigenvalue weighted by atomic mass is 10.3. The molecule has 1 aromatic heterocycles. The molecular formula is C13H10BrF2NO2S. The number of halogens is 3. The van der Waals surface area contributed by atoms with E-state index in [0.717, 1.165) is 15.8 Å². The second kappa shape index (κ2) is 6.32. The van der Waals surface area contributed by atoms with Gasteiger partial charge in [0, 0.05) is 26.8 Å². The van der Waals surface area contributed by atoms with Gasteiger partial charge in [0.2, 0.25) is 0 Å². The normalized spacial score (nSPS) is 10.6. The van der Waals surface area contributed by atoms with Crippen LogP contribution < -0.4 is 5.32 Å². The zero-order valence-corrected chi connectivity index (χ0v) is 12.5. The first-order valence-corrected chi connectivity index (χ1v) is 7.24. The van der Waals surface area contributed by atoms with E-state index in [1.54, 1.807) is 12.1 Å². The van der Waals surface area contributed by atoms with Crippen molar-refractivity contribution in [3.63, 3.8) is 0 Å². The molecule has 0 aliphatic heterocycles. The standard InChI is InChI=1S/C13H10BrF2NO2S/c14-10-3-7(15)4-11(16)13(10)17-6-9-2-1-8(20-9)5-12(18)19/h1-4,17H,5-6H2,(H,18,19). The van der Waals surface area contributed by atoms with Crippen LogP contribution in [0.1, 0.15) is 9.75 Å². The van der Waals surface area contributed by atoms with E-state index in [1.165, 1.54) is 17.4 Å². The van der Waals surface area contributed by atoms with E-state index in [0.29, 0.717) is 11.0 Å².